The van der Waals surface area contributed by atoms with E-state index in [1.54, 1.807) is 49.4 Å². The number of nitrogens with zero attached hydrogens (tertiary/aromatic N) is 2. The Morgan fingerprint density at radius 2 is 1.86 bits per heavy atom. The second-order valence-electron chi connectivity index (χ2n) is 8.66. The van der Waals surface area contributed by atoms with Crippen LogP contribution in [0.25, 0.3) is 0 Å². The van der Waals surface area contributed by atoms with Crippen molar-refractivity contribution in [3.05, 3.63) is 60.3 Å². The van der Waals surface area contributed by atoms with Gasteiger partial charge in [0.05, 0.1) is 6.61 Å². The molecule has 0 bridgehead atoms. The molecule has 0 radical (unpaired) electrons. The Morgan fingerprint density at radius 3 is 2.49 bits per heavy atom. The average molecular weight is 479 g/mol. The first kappa shape index (κ1) is 24.3. The molecule has 1 aliphatic rings. The van der Waals surface area contributed by atoms with Gasteiger partial charge in [0.25, 0.3) is 5.91 Å². The van der Waals surface area contributed by atoms with Crippen LogP contribution in [0.4, 0.5) is 11.5 Å². The summed E-state index contributed by atoms with van der Waals surface area (Å²) >= 11 is 0. The van der Waals surface area contributed by atoms with Gasteiger partial charge >= 0.3 is 0 Å². The van der Waals surface area contributed by atoms with Gasteiger partial charge in [0.2, 0.25) is 5.91 Å². The summed E-state index contributed by atoms with van der Waals surface area (Å²) in [7, 11) is 1.60. The van der Waals surface area contributed by atoms with Gasteiger partial charge in [-0.05, 0) is 62.1 Å². The molecule has 1 atom stereocenters. The number of carbonyl (C=O) groups is 2. The molecule has 0 spiro atoms. The van der Waals surface area contributed by atoms with E-state index in [0.29, 0.717) is 41.2 Å². The summed E-state index contributed by atoms with van der Waals surface area (Å²) in [5.74, 6) is 2.16. The van der Waals surface area contributed by atoms with E-state index in [9.17, 15) is 9.59 Å². The molecule has 35 heavy (non-hydrogen) atoms. The number of hydrogen-bond acceptors (Lipinski definition) is 6. The summed E-state index contributed by atoms with van der Waals surface area (Å²) in [4.78, 5) is 26.7. The Labute approximate surface area is 204 Å². The summed E-state index contributed by atoms with van der Waals surface area (Å²) in [6, 6.07) is 14.0. The van der Waals surface area contributed by atoms with Gasteiger partial charge in [-0.15, -0.1) is 0 Å². The summed E-state index contributed by atoms with van der Waals surface area (Å²) in [6.45, 7) is 4.60. The van der Waals surface area contributed by atoms with Crippen molar-refractivity contribution in [3.63, 3.8) is 0 Å². The second kappa shape index (κ2) is 11.1. The summed E-state index contributed by atoms with van der Waals surface area (Å²) in [5.41, 5.74) is 1.19. The van der Waals surface area contributed by atoms with E-state index in [4.69, 9.17) is 14.2 Å². The van der Waals surface area contributed by atoms with Crippen molar-refractivity contribution in [2.45, 2.75) is 32.8 Å². The van der Waals surface area contributed by atoms with Gasteiger partial charge in [-0.25, -0.2) is 0 Å². The second-order valence-corrected chi connectivity index (χ2v) is 8.66. The Balaban J connectivity index is 1.53. The zero-order valence-electron chi connectivity index (χ0n) is 20.1. The number of aromatic amines is 1. The van der Waals surface area contributed by atoms with Gasteiger partial charge in [0, 0.05) is 50.2 Å². The first-order valence-electron chi connectivity index (χ1n) is 11.6. The minimum Gasteiger partial charge on any atom is -0.488 e. The minimum atomic E-state index is -0.348. The van der Waals surface area contributed by atoms with Crippen LogP contribution in [0.15, 0.2) is 54.7 Å². The lowest BCUT2D eigenvalue weighted by Crippen LogP contribution is -2.30. The Morgan fingerprint density at radius 1 is 1.11 bits per heavy atom. The van der Waals surface area contributed by atoms with Crippen molar-refractivity contribution >= 4 is 23.3 Å². The third kappa shape index (κ3) is 6.83. The number of benzene rings is 2. The fraction of sp³-hybridized carbons (Fsp3) is 0.346. The molecule has 1 heterocycles. The molecule has 0 saturated heterocycles. The van der Waals surface area contributed by atoms with Crippen molar-refractivity contribution < 1.29 is 23.8 Å². The number of methoxy groups -OCH3 is 1. The summed E-state index contributed by atoms with van der Waals surface area (Å²) in [5, 5.41) is 9.35. The molecule has 2 N–H and O–H groups in total. The van der Waals surface area contributed by atoms with Gasteiger partial charge in [-0.3, -0.25) is 14.7 Å². The third-order valence-corrected chi connectivity index (χ3v) is 5.53. The zero-order chi connectivity index (χ0) is 24.8. The number of carbonyl (C=O) groups excluding carboxylic acids is 2. The highest BCUT2D eigenvalue weighted by atomic mass is 16.5. The quantitative estimate of drug-likeness (QED) is 0.416. The molecule has 1 fully saturated rings. The van der Waals surface area contributed by atoms with Crippen LogP contribution in [0.2, 0.25) is 0 Å². The Hall–Kier alpha value is -3.85. The lowest BCUT2D eigenvalue weighted by atomic mass is 10.2. The highest BCUT2D eigenvalue weighted by Crippen LogP contribution is 2.33. The number of H-pyrrole nitrogens is 1. The maximum atomic E-state index is 12.8. The summed E-state index contributed by atoms with van der Waals surface area (Å²) in [6.07, 6.45) is 3.74. The van der Waals surface area contributed by atoms with Crippen LogP contribution in [-0.4, -0.2) is 48.4 Å². The van der Waals surface area contributed by atoms with Crippen LogP contribution in [0.5, 0.6) is 17.2 Å². The molecule has 1 saturated carbocycles. The molecule has 2 amide bonds. The van der Waals surface area contributed by atoms with Crippen LogP contribution in [0.3, 0.4) is 0 Å². The first-order chi connectivity index (χ1) is 16.9. The van der Waals surface area contributed by atoms with E-state index in [2.05, 4.69) is 15.5 Å². The van der Waals surface area contributed by atoms with E-state index in [0.717, 1.165) is 12.2 Å². The molecule has 0 aliphatic heterocycles. The van der Waals surface area contributed by atoms with Crippen molar-refractivity contribution in [2.75, 3.05) is 30.5 Å². The highest BCUT2D eigenvalue weighted by molar-refractivity contribution is 6.04. The first-order valence-corrected chi connectivity index (χ1v) is 11.6. The van der Waals surface area contributed by atoms with Gasteiger partial charge in [-0.1, -0.05) is 0 Å². The maximum absolute atomic E-state index is 12.8. The predicted molar refractivity (Wildman–Crippen MR) is 132 cm³/mol. The number of aromatic nitrogens is 2. The smallest absolute Gasteiger partial charge is 0.257 e. The average Bonchev–Trinajstić information content (AvgIpc) is 3.51. The zero-order valence-corrected chi connectivity index (χ0v) is 20.1. The van der Waals surface area contributed by atoms with Gasteiger partial charge in [0.15, 0.2) is 5.82 Å². The Bertz CT molecular complexity index is 1140. The molecular formula is C26H30N4O5. The molecular weight excluding hydrogens is 448 g/mol. The lowest BCUT2D eigenvalue weighted by molar-refractivity contribution is -0.116. The van der Waals surface area contributed by atoms with Gasteiger partial charge in [0.1, 0.15) is 23.4 Å². The largest absolute Gasteiger partial charge is 0.488 e. The Kier molecular flexibility index (Phi) is 7.67. The van der Waals surface area contributed by atoms with E-state index in [1.165, 1.54) is 12.8 Å². The van der Waals surface area contributed by atoms with Crippen molar-refractivity contribution in [1.29, 1.82) is 0 Å². The maximum Gasteiger partial charge on any atom is 0.257 e. The topological polar surface area (TPSA) is 106 Å². The molecule has 4 rings (SSSR count). The van der Waals surface area contributed by atoms with Crippen LogP contribution >= 0.6 is 0 Å². The third-order valence-electron chi connectivity index (χ3n) is 5.53. The molecule has 3 aromatic rings. The normalized spacial score (nSPS) is 13.7. The fourth-order valence-corrected chi connectivity index (χ4v) is 3.65. The summed E-state index contributed by atoms with van der Waals surface area (Å²) < 4.78 is 17.1. The monoisotopic (exact) mass is 478 g/mol. The predicted octanol–water partition coefficient (Wildman–Crippen LogP) is 4.63. The molecule has 0 unspecified atom stereocenters. The standard InChI is InChI=1S/C26H30N4O5/c1-17(16-33-3)34-23-12-20(26(32)28-25-10-11-27-29-25)13-24(14-23)35-22-8-6-21(7-9-22)30(18(2)31)15-19-4-5-19/h6-14,17,19H,4-5,15-16H2,1-3H3,(H2,27,28,29,32)/t17-/m0/s1. The minimum absolute atomic E-state index is 0.0214. The van der Waals surface area contributed by atoms with Crippen molar-refractivity contribution in [1.82, 2.24) is 10.2 Å². The molecule has 9 nitrogen and oxygen atoms in total. The molecule has 9 heteroatoms. The van der Waals surface area contributed by atoms with Crippen LogP contribution < -0.4 is 19.7 Å². The van der Waals surface area contributed by atoms with Crippen LogP contribution in [0, 0.1) is 5.92 Å². The molecule has 1 aliphatic carbocycles. The van der Waals surface area contributed by atoms with Crippen molar-refractivity contribution in [3.8, 4) is 17.2 Å². The SMILES string of the molecule is COC[C@H](C)Oc1cc(Oc2ccc(N(CC3CC3)C(C)=O)cc2)cc(C(=O)Nc2cc[nH]n2)c1. The highest BCUT2D eigenvalue weighted by Gasteiger charge is 2.26. The van der Waals surface area contributed by atoms with E-state index >= 15 is 0 Å². The molecule has 1 aromatic heterocycles. The van der Waals surface area contributed by atoms with Crippen LogP contribution in [-0.2, 0) is 9.53 Å². The van der Waals surface area contributed by atoms with E-state index in [-0.39, 0.29) is 17.9 Å². The number of nitrogens with one attached hydrogen (secondary N) is 2. The lowest BCUT2D eigenvalue weighted by Gasteiger charge is -2.21. The number of rotatable bonds is 11. The van der Waals surface area contributed by atoms with Crippen LogP contribution in [0.1, 0.15) is 37.0 Å². The number of hydrogen-bond donors (Lipinski definition) is 2. The molecule has 184 valence electrons. The molecule has 2 aromatic carbocycles. The number of ether oxygens (including phenoxy) is 3. The number of amides is 2. The fourth-order valence-electron chi connectivity index (χ4n) is 3.65. The number of anilines is 2. The van der Waals surface area contributed by atoms with Crippen molar-refractivity contribution in [2.24, 2.45) is 5.92 Å². The van der Waals surface area contributed by atoms with E-state index < -0.39 is 0 Å². The van der Waals surface area contributed by atoms with E-state index in [1.807, 2.05) is 31.2 Å². The van der Waals surface area contributed by atoms with Gasteiger partial charge < -0.3 is 24.4 Å². The van der Waals surface area contributed by atoms with Gasteiger partial charge in [-0.2, -0.15) is 5.10 Å².